The average Bonchev–Trinajstić information content (AvgIpc) is 2.24. The predicted octanol–water partition coefficient (Wildman–Crippen LogP) is 2.21. The van der Waals surface area contributed by atoms with Crippen molar-refractivity contribution < 1.29 is 9.47 Å². The van der Waals surface area contributed by atoms with E-state index in [9.17, 15) is 0 Å². The van der Waals surface area contributed by atoms with Gasteiger partial charge in [-0.1, -0.05) is 13.8 Å². The second-order valence-electron chi connectivity index (χ2n) is 5.56. The molecule has 1 saturated carbocycles. The highest BCUT2D eigenvalue weighted by Crippen LogP contribution is 2.36. The first-order valence-electron chi connectivity index (χ1n) is 6.37. The highest BCUT2D eigenvalue weighted by atomic mass is 16.5. The Morgan fingerprint density at radius 2 is 2.06 bits per heavy atom. The minimum absolute atomic E-state index is 0.366. The van der Waals surface area contributed by atoms with Crippen molar-refractivity contribution >= 4 is 0 Å². The minimum atomic E-state index is 0.366. The van der Waals surface area contributed by atoms with E-state index < -0.39 is 0 Å². The maximum absolute atomic E-state index is 5.98. The molecule has 2 atom stereocenters. The Hall–Kier alpha value is -0.120. The van der Waals surface area contributed by atoms with E-state index in [2.05, 4.69) is 19.2 Å². The lowest BCUT2D eigenvalue weighted by atomic mass is 9.74. The summed E-state index contributed by atoms with van der Waals surface area (Å²) < 4.78 is 11.0. The Morgan fingerprint density at radius 1 is 1.31 bits per heavy atom. The van der Waals surface area contributed by atoms with E-state index in [1.54, 1.807) is 7.11 Å². The molecule has 1 N–H and O–H groups in total. The van der Waals surface area contributed by atoms with Crippen LogP contribution in [0.3, 0.4) is 0 Å². The Morgan fingerprint density at radius 3 is 2.69 bits per heavy atom. The highest BCUT2D eigenvalue weighted by molar-refractivity contribution is 4.89. The zero-order valence-corrected chi connectivity index (χ0v) is 11.2. The van der Waals surface area contributed by atoms with Gasteiger partial charge in [-0.25, -0.2) is 0 Å². The molecular formula is C13H27NO2. The van der Waals surface area contributed by atoms with Crippen LogP contribution in [0, 0.1) is 5.41 Å². The van der Waals surface area contributed by atoms with Crippen LogP contribution < -0.4 is 5.32 Å². The summed E-state index contributed by atoms with van der Waals surface area (Å²) in [7, 11) is 3.77. The Labute approximate surface area is 99.9 Å². The van der Waals surface area contributed by atoms with E-state index in [1.807, 2.05) is 7.05 Å². The fourth-order valence-electron chi connectivity index (χ4n) is 2.46. The van der Waals surface area contributed by atoms with E-state index in [0.717, 1.165) is 26.1 Å². The van der Waals surface area contributed by atoms with Gasteiger partial charge >= 0.3 is 0 Å². The number of nitrogens with one attached hydrogen (secondary N) is 1. The van der Waals surface area contributed by atoms with Gasteiger partial charge < -0.3 is 14.8 Å². The molecule has 0 bridgehead atoms. The Balaban J connectivity index is 2.34. The van der Waals surface area contributed by atoms with Crippen molar-refractivity contribution in [1.82, 2.24) is 5.32 Å². The largest absolute Gasteiger partial charge is 0.385 e. The number of ether oxygens (including phenoxy) is 2. The van der Waals surface area contributed by atoms with Gasteiger partial charge in [-0.2, -0.15) is 0 Å². The molecule has 1 aliphatic carbocycles. The van der Waals surface area contributed by atoms with Crippen LogP contribution in [0.4, 0.5) is 0 Å². The molecule has 16 heavy (non-hydrogen) atoms. The van der Waals surface area contributed by atoms with Gasteiger partial charge in [-0.05, 0) is 38.1 Å². The standard InChI is InChI=1S/C13H27NO2/c1-13(2)7-6-11(14-3)12(10-13)16-9-5-8-15-4/h11-12,14H,5-10H2,1-4H3. The van der Waals surface area contributed by atoms with Crippen molar-refractivity contribution in [2.45, 2.75) is 51.7 Å². The maximum Gasteiger partial charge on any atom is 0.0733 e. The molecule has 3 heteroatoms. The van der Waals surface area contributed by atoms with Gasteiger partial charge in [-0.3, -0.25) is 0 Å². The summed E-state index contributed by atoms with van der Waals surface area (Å²) in [4.78, 5) is 0. The third-order valence-corrected chi connectivity index (χ3v) is 3.53. The molecule has 1 aliphatic rings. The molecule has 0 aromatic rings. The summed E-state index contributed by atoms with van der Waals surface area (Å²) in [6.07, 6.45) is 5.02. The normalized spacial score (nSPS) is 29.2. The minimum Gasteiger partial charge on any atom is -0.385 e. The maximum atomic E-state index is 5.98. The molecule has 1 fully saturated rings. The van der Waals surface area contributed by atoms with Crippen LogP contribution >= 0.6 is 0 Å². The van der Waals surface area contributed by atoms with Crippen LogP contribution in [-0.2, 0) is 9.47 Å². The molecule has 0 saturated heterocycles. The molecule has 3 nitrogen and oxygen atoms in total. The van der Waals surface area contributed by atoms with Crippen molar-refractivity contribution in [3.8, 4) is 0 Å². The van der Waals surface area contributed by atoms with Gasteiger partial charge in [0.25, 0.3) is 0 Å². The summed E-state index contributed by atoms with van der Waals surface area (Å²) in [6.45, 7) is 6.28. The molecular weight excluding hydrogens is 202 g/mol. The second-order valence-corrected chi connectivity index (χ2v) is 5.56. The molecule has 0 aromatic carbocycles. The molecule has 0 spiro atoms. The highest BCUT2D eigenvalue weighted by Gasteiger charge is 2.34. The van der Waals surface area contributed by atoms with Crippen LogP contribution in [0.5, 0.6) is 0 Å². The summed E-state index contributed by atoms with van der Waals surface area (Å²) in [5.41, 5.74) is 0.430. The zero-order chi connectivity index (χ0) is 12.0. The molecule has 96 valence electrons. The van der Waals surface area contributed by atoms with Crippen LogP contribution in [0.25, 0.3) is 0 Å². The van der Waals surface area contributed by atoms with Crippen molar-refractivity contribution in [1.29, 1.82) is 0 Å². The first-order chi connectivity index (χ1) is 7.59. The summed E-state index contributed by atoms with van der Waals surface area (Å²) in [5.74, 6) is 0. The third kappa shape index (κ3) is 4.40. The van der Waals surface area contributed by atoms with E-state index in [4.69, 9.17) is 9.47 Å². The summed E-state index contributed by atoms with van der Waals surface area (Å²) >= 11 is 0. The number of hydrogen-bond donors (Lipinski definition) is 1. The van der Waals surface area contributed by atoms with Gasteiger partial charge in [-0.15, -0.1) is 0 Å². The smallest absolute Gasteiger partial charge is 0.0733 e. The van der Waals surface area contributed by atoms with Gasteiger partial charge in [0.05, 0.1) is 6.10 Å². The van der Waals surface area contributed by atoms with Crippen LogP contribution in [-0.4, -0.2) is 39.5 Å². The lowest BCUT2D eigenvalue weighted by Crippen LogP contribution is -2.46. The zero-order valence-electron chi connectivity index (χ0n) is 11.2. The first-order valence-corrected chi connectivity index (χ1v) is 6.37. The molecule has 0 heterocycles. The van der Waals surface area contributed by atoms with Gasteiger partial charge in [0.1, 0.15) is 0 Å². The van der Waals surface area contributed by atoms with Gasteiger partial charge in [0.2, 0.25) is 0 Å². The number of hydrogen-bond acceptors (Lipinski definition) is 3. The van der Waals surface area contributed by atoms with Crippen molar-refractivity contribution in [2.24, 2.45) is 5.41 Å². The third-order valence-electron chi connectivity index (χ3n) is 3.53. The monoisotopic (exact) mass is 229 g/mol. The van der Waals surface area contributed by atoms with E-state index in [1.165, 1.54) is 12.8 Å². The van der Waals surface area contributed by atoms with E-state index in [0.29, 0.717) is 17.6 Å². The molecule has 0 aliphatic heterocycles. The van der Waals surface area contributed by atoms with Crippen molar-refractivity contribution in [3.05, 3.63) is 0 Å². The number of likely N-dealkylation sites (N-methyl/N-ethyl adjacent to an activating group) is 1. The van der Waals surface area contributed by atoms with Crippen molar-refractivity contribution in [2.75, 3.05) is 27.4 Å². The lowest BCUT2D eigenvalue weighted by molar-refractivity contribution is -0.0315. The predicted molar refractivity (Wildman–Crippen MR) is 66.7 cm³/mol. The average molecular weight is 229 g/mol. The van der Waals surface area contributed by atoms with Crippen molar-refractivity contribution in [3.63, 3.8) is 0 Å². The van der Waals surface area contributed by atoms with Gasteiger partial charge in [0, 0.05) is 26.4 Å². The second kappa shape index (κ2) is 6.58. The lowest BCUT2D eigenvalue weighted by Gasteiger charge is -2.40. The van der Waals surface area contributed by atoms with Crippen LogP contribution in [0.1, 0.15) is 39.5 Å². The Kier molecular flexibility index (Phi) is 5.73. The molecule has 1 rings (SSSR count). The van der Waals surface area contributed by atoms with Crippen LogP contribution in [0.2, 0.25) is 0 Å². The van der Waals surface area contributed by atoms with E-state index >= 15 is 0 Å². The topological polar surface area (TPSA) is 30.5 Å². The quantitative estimate of drug-likeness (QED) is 0.708. The van der Waals surface area contributed by atoms with E-state index in [-0.39, 0.29) is 0 Å². The first kappa shape index (κ1) is 13.9. The van der Waals surface area contributed by atoms with Gasteiger partial charge in [0.15, 0.2) is 0 Å². The fourth-order valence-corrected chi connectivity index (χ4v) is 2.46. The number of rotatable bonds is 6. The fraction of sp³-hybridized carbons (Fsp3) is 1.00. The molecule has 2 unspecified atom stereocenters. The summed E-state index contributed by atoms with van der Waals surface area (Å²) in [5, 5.41) is 3.38. The SMILES string of the molecule is CNC1CCC(C)(C)CC1OCCCOC. The molecule has 0 aromatic heterocycles. The Bertz CT molecular complexity index is 194. The number of methoxy groups -OCH3 is 1. The summed E-state index contributed by atoms with van der Waals surface area (Å²) in [6, 6.07) is 0.524. The molecule has 0 radical (unpaired) electrons. The molecule has 0 amide bonds. The van der Waals surface area contributed by atoms with Crippen LogP contribution in [0.15, 0.2) is 0 Å².